The van der Waals surface area contributed by atoms with Crippen molar-refractivity contribution in [2.75, 3.05) is 7.11 Å². The zero-order valence-corrected chi connectivity index (χ0v) is 13.0. The Balaban J connectivity index is 2.05. The second kappa shape index (κ2) is 7.15. The summed E-state index contributed by atoms with van der Waals surface area (Å²) < 4.78 is 4.98. The van der Waals surface area contributed by atoms with Crippen LogP contribution in [0.3, 0.4) is 0 Å². The summed E-state index contributed by atoms with van der Waals surface area (Å²) in [6, 6.07) is 9.23. The van der Waals surface area contributed by atoms with Crippen molar-refractivity contribution in [1.82, 2.24) is 5.43 Å². The first-order chi connectivity index (χ1) is 10.5. The molecule has 2 N–H and O–H groups in total. The van der Waals surface area contributed by atoms with Gasteiger partial charge in [0.1, 0.15) is 0 Å². The monoisotopic (exact) mass is 338 g/mol. The van der Waals surface area contributed by atoms with E-state index in [2.05, 4.69) is 10.5 Å². The molecular weight excluding hydrogens is 327 g/mol. The third kappa shape index (κ3) is 3.90. The van der Waals surface area contributed by atoms with Crippen LogP contribution in [0, 0.1) is 0 Å². The molecule has 0 radical (unpaired) electrons. The van der Waals surface area contributed by atoms with E-state index in [0.29, 0.717) is 26.9 Å². The number of nitrogens with zero attached hydrogens (tertiary/aromatic N) is 1. The first kappa shape index (κ1) is 16.1. The van der Waals surface area contributed by atoms with Gasteiger partial charge in [0.15, 0.2) is 11.5 Å². The SMILES string of the molecule is COc1cc(/C=N/NC(=O)c2ccc(Cl)c(Cl)c2)ccc1O. The number of halogens is 2. The zero-order valence-electron chi connectivity index (χ0n) is 11.5. The van der Waals surface area contributed by atoms with E-state index in [1.165, 1.54) is 31.5 Å². The van der Waals surface area contributed by atoms with E-state index in [-0.39, 0.29) is 5.75 Å². The minimum Gasteiger partial charge on any atom is -0.504 e. The second-order valence-electron chi connectivity index (χ2n) is 4.26. The van der Waals surface area contributed by atoms with Crippen molar-refractivity contribution in [3.05, 3.63) is 57.6 Å². The molecule has 0 aliphatic carbocycles. The Morgan fingerprint density at radius 2 is 2.00 bits per heavy atom. The van der Waals surface area contributed by atoms with E-state index in [0.717, 1.165) is 0 Å². The lowest BCUT2D eigenvalue weighted by Crippen LogP contribution is -2.17. The number of amides is 1. The van der Waals surface area contributed by atoms with Crippen molar-refractivity contribution in [2.24, 2.45) is 5.10 Å². The third-order valence-electron chi connectivity index (χ3n) is 2.77. The van der Waals surface area contributed by atoms with Gasteiger partial charge in [0.05, 0.1) is 23.4 Å². The molecule has 0 unspecified atom stereocenters. The number of ether oxygens (including phenoxy) is 1. The Bertz CT molecular complexity index is 733. The summed E-state index contributed by atoms with van der Waals surface area (Å²) >= 11 is 11.6. The van der Waals surface area contributed by atoms with Crippen molar-refractivity contribution in [3.8, 4) is 11.5 Å². The Hall–Kier alpha value is -2.24. The number of carbonyl (C=O) groups excluding carboxylic acids is 1. The normalized spacial score (nSPS) is 10.7. The Labute approximate surface area is 137 Å². The lowest BCUT2D eigenvalue weighted by Gasteiger charge is -2.04. The maximum atomic E-state index is 11.9. The number of nitrogens with one attached hydrogen (secondary N) is 1. The van der Waals surface area contributed by atoms with Gasteiger partial charge in [-0.15, -0.1) is 0 Å². The molecule has 5 nitrogen and oxygen atoms in total. The largest absolute Gasteiger partial charge is 0.504 e. The Kier molecular flexibility index (Phi) is 5.25. The summed E-state index contributed by atoms with van der Waals surface area (Å²) in [5, 5.41) is 14.0. The highest BCUT2D eigenvalue weighted by atomic mass is 35.5. The summed E-state index contributed by atoms with van der Waals surface area (Å²) in [6.07, 6.45) is 1.43. The highest BCUT2D eigenvalue weighted by Crippen LogP contribution is 2.25. The second-order valence-corrected chi connectivity index (χ2v) is 5.07. The van der Waals surface area contributed by atoms with E-state index in [1.807, 2.05) is 0 Å². The molecule has 2 rings (SSSR count). The quantitative estimate of drug-likeness (QED) is 0.662. The van der Waals surface area contributed by atoms with Crippen molar-refractivity contribution >= 4 is 35.3 Å². The summed E-state index contributed by atoms with van der Waals surface area (Å²) in [5.41, 5.74) is 3.37. The molecule has 0 spiro atoms. The molecule has 0 aromatic heterocycles. The molecule has 0 aliphatic rings. The molecular formula is C15H12Cl2N2O3. The molecule has 0 saturated carbocycles. The summed E-state index contributed by atoms with van der Waals surface area (Å²) in [6.45, 7) is 0. The first-order valence-corrected chi connectivity index (χ1v) is 6.92. The molecule has 114 valence electrons. The number of aromatic hydroxyl groups is 1. The molecule has 0 bridgehead atoms. The first-order valence-electron chi connectivity index (χ1n) is 6.16. The third-order valence-corrected chi connectivity index (χ3v) is 3.50. The number of phenolic OH excluding ortho intramolecular Hbond substituents is 1. The Morgan fingerprint density at radius 3 is 2.68 bits per heavy atom. The molecule has 0 atom stereocenters. The number of hydrazone groups is 1. The molecule has 0 saturated heterocycles. The number of benzene rings is 2. The maximum absolute atomic E-state index is 11.9. The van der Waals surface area contributed by atoms with Crippen LogP contribution in [0.15, 0.2) is 41.5 Å². The minimum atomic E-state index is -0.416. The predicted molar refractivity (Wildman–Crippen MR) is 86.2 cm³/mol. The summed E-state index contributed by atoms with van der Waals surface area (Å²) in [5.74, 6) is -0.0696. The average Bonchev–Trinajstić information content (AvgIpc) is 2.51. The fourth-order valence-electron chi connectivity index (χ4n) is 1.64. The van der Waals surface area contributed by atoms with Crippen LogP contribution in [0.5, 0.6) is 11.5 Å². The van der Waals surface area contributed by atoms with Crippen molar-refractivity contribution in [3.63, 3.8) is 0 Å². The lowest BCUT2D eigenvalue weighted by atomic mass is 10.2. The molecule has 22 heavy (non-hydrogen) atoms. The number of rotatable bonds is 4. The average molecular weight is 339 g/mol. The Morgan fingerprint density at radius 1 is 1.23 bits per heavy atom. The number of hydrogen-bond donors (Lipinski definition) is 2. The van der Waals surface area contributed by atoms with Crippen LogP contribution in [0.25, 0.3) is 0 Å². The lowest BCUT2D eigenvalue weighted by molar-refractivity contribution is 0.0955. The molecule has 0 fully saturated rings. The van der Waals surface area contributed by atoms with Crippen LogP contribution < -0.4 is 10.2 Å². The van der Waals surface area contributed by atoms with Crippen molar-refractivity contribution in [1.29, 1.82) is 0 Å². The number of methoxy groups -OCH3 is 1. The van der Waals surface area contributed by atoms with Gasteiger partial charge in [-0.2, -0.15) is 5.10 Å². The predicted octanol–water partition coefficient (Wildman–Crippen LogP) is 3.47. The van der Waals surface area contributed by atoms with Crippen LogP contribution in [0.1, 0.15) is 15.9 Å². The van der Waals surface area contributed by atoms with Gasteiger partial charge in [-0.25, -0.2) is 5.43 Å². The van der Waals surface area contributed by atoms with E-state index >= 15 is 0 Å². The standard InChI is InChI=1S/C15H12Cl2N2O3/c1-22-14-6-9(2-5-13(14)20)8-18-19-15(21)10-3-4-11(16)12(17)7-10/h2-8,20H,1H3,(H,19,21)/b18-8+. The van der Waals surface area contributed by atoms with E-state index in [9.17, 15) is 9.90 Å². The van der Waals surface area contributed by atoms with Gasteiger partial charge in [-0.3, -0.25) is 4.79 Å². The zero-order chi connectivity index (χ0) is 16.1. The van der Waals surface area contributed by atoms with Crippen LogP contribution in [-0.4, -0.2) is 24.3 Å². The van der Waals surface area contributed by atoms with E-state index in [4.69, 9.17) is 27.9 Å². The molecule has 2 aromatic rings. The van der Waals surface area contributed by atoms with Gasteiger partial charge in [0.25, 0.3) is 5.91 Å². The van der Waals surface area contributed by atoms with Crippen LogP contribution in [0.4, 0.5) is 0 Å². The molecule has 0 aliphatic heterocycles. The van der Waals surface area contributed by atoms with Gasteiger partial charge in [-0.1, -0.05) is 23.2 Å². The summed E-state index contributed by atoms with van der Waals surface area (Å²) in [7, 11) is 1.45. The fourth-order valence-corrected chi connectivity index (χ4v) is 1.94. The molecule has 1 amide bonds. The van der Waals surface area contributed by atoms with Crippen molar-refractivity contribution < 1.29 is 14.6 Å². The molecule has 0 heterocycles. The number of carbonyl (C=O) groups is 1. The smallest absolute Gasteiger partial charge is 0.271 e. The topological polar surface area (TPSA) is 70.9 Å². The van der Waals surface area contributed by atoms with Crippen LogP contribution in [-0.2, 0) is 0 Å². The van der Waals surface area contributed by atoms with E-state index in [1.54, 1.807) is 18.2 Å². The van der Waals surface area contributed by atoms with Gasteiger partial charge >= 0.3 is 0 Å². The maximum Gasteiger partial charge on any atom is 0.271 e. The van der Waals surface area contributed by atoms with Crippen molar-refractivity contribution in [2.45, 2.75) is 0 Å². The van der Waals surface area contributed by atoms with Crippen LogP contribution in [0.2, 0.25) is 10.0 Å². The van der Waals surface area contributed by atoms with Gasteiger partial charge < -0.3 is 9.84 Å². The molecule has 2 aromatic carbocycles. The highest BCUT2D eigenvalue weighted by Gasteiger charge is 2.07. The van der Waals surface area contributed by atoms with Gasteiger partial charge in [0, 0.05) is 5.56 Å². The van der Waals surface area contributed by atoms with Crippen LogP contribution >= 0.6 is 23.2 Å². The number of phenols is 1. The highest BCUT2D eigenvalue weighted by molar-refractivity contribution is 6.42. The van der Waals surface area contributed by atoms with Gasteiger partial charge in [0.2, 0.25) is 0 Å². The fraction of sp³-hybridized carbons (Fsp3) is 0.0667. The van der Waals surface area contributed by atoms with E-state index < -0.39 is 5.91 Å². The number of hydrogen-bond acceptors (Lipinski definition) is 4. The summed E-state index contributed by atoms with van der Waals surface area (Å²) in [4.78, 5) is 11.9. The molecule has 7 heteroatoms. The van der Waals surface area contributed by atoms with Gasteiger partial charge in [-0.05, 0) is 42.0 Å². The minimum absolute atomic E-state index is 0.0273.